The van der Waals surface area contributed by atoms with Crippen molar-refractivity contribution in [1.29, 1.82) is 0 Å². The molecule has 0 saturated carbocycles. The molecule has 12 heavy (non-hydrogen) atoms. The van der Waals surface area contributed by atoms with E-state index < -0.39 is 5.60 Å². The van der Waals surface area contributed by atoms with E-state index in [2.05, 4.69) is 0 Å². The largest absolute Gasteiger partial charge is 0.466 e. The lowest BCUT2D eigenvalue weighted by molar-refractivity contribution is -0.145. The molecule has 4 nitrogen and oxygen atoms in total. The minimum absolute atomic E-state index is 0.153. The summed E-state index contributed by atoms with van der Waals surface area (Å²) in [6.07, 6.45) is 0.594. The Balaban J connectivity index is 3.49. The third-order valence-corrected chi connectivity index (χ3v) is 1.53. The summed E-state index contributed by atoms with van der Waals surface area (Å²) in [6, 6.07) is 0. The maximum Gasteiger partial charge on any atom is 0.305 e. The van der Waals surface area contributed by atoms with E-state index >= 15 is 0 Å². The van der Waals surface area contributed by atoms with Crippen LogP contribution in [0.3, 0.4) is 0 Å². The molecule has 2 N–H and O–H groups in total. The average molecular weight is 176 g/mol. The molecule has 0 radical (unpaired) electrons. The molecule has 0 bridgehead atoms. The third-order valence-electron chi connectivity index (χ3n) is 1.53. The van der Waals surface area contributed by atoms with Crippen molar-refractivity contribution in [1.82, 2.24) is 0 Å². The predicted molar refractivity (Wildman–Crippen MR) is 43.6 cm³/mol. The van der Waals surface area contributed by atoms with Crippen LogP contribution in [0.4, 0.5) is 0 Å². The zero-order chi connectivity index (χ0) is 9.61. The molecule has 0 aliphatic rings. The summed E-state index contributed by atoms with van der Waals surface area (Å²) < 4.78 is 4.72. The standard InChI is InChI=1S/C8H16O4/c1-3-7(10)12-5-4-8(2,11)6-9/h9,11H,3-6H2,1-2H3. The Kier molecular flexibility index (Phi) is 4.85. The summed E-state index contributed by atoms with van der Waals surface area (Å²) in [5, 5.41) is 17.9. The maximum atomic E-state index is 10.6. The van der Waals surface area contributed by atoms with Gasteiger partial charge in [0.15, 0.2) is 0 Å². The number of ether oxygens (including phenoxy) is 1. The minimum Gasteiger partial charge on any atom is -0.466 e. The summed E-state index contributed by atoms with van der Waals surface area (Å²) in [5.74, 6) is -0.288. The second-order valence-corrected chi connectivity index (χ2v) is 2.98. The van der Waals surface area contributed by atoms with E-state index in [-0.39, 0.29) is 25.6 Å². The van der Waals surface area contributed by atoms with Crippen LogP contribution in [-0.4, -0.2) is 35.0 Å². The molecule has 1 atom stereocenters. The Hall–Kier alpha value is -0.610. The molecule has 1 unspecified atom stereocenters. The quantitative estimate of drug-likeness (QED) is 0.582. The van der Waals surface area contributed by atoms with E-state index in [1.807, 2.05) is 0 Å². The van der Waals surface area contributed by atoms with Crippen LogP contribution in [0.1, 0.15) is 26.7 Å². The van der Waals surface area contributed by atoms with Gasteiger partial charge in [-0.05, 0) is 6.92 Å². The number of hydrogen-bond donors (Lipinski definition) is 2. The summed E-state index contributed by atoms with van der Waals surface area (Å²) in [4.78, 5) is 10.6. The van der Waals surface area contributed by atoms with Crippen LogP contribution in [0.15, 0.2) is 0 Å². The average Bonchev–Trinajstić information content (AvgIpc) is 2.04. The van der Waals surface area contributed by atoms with Gasteiger partial charge in [0, 0.05) is 12.8 Å². The number of esters is 1. The molecule has 0 heterocycles. The van der Waals surface area contributed by atoms with Crippen molar-refractivity contribution in [3.8, 4) is 0 Å². The lowest BCUT2D eigenvalue weighted by Gasteiger charge is -2.19. The number of hydrogen-bond acceptors (Lipinski definition) is 4. The van der Waals surface area contributed by atoms with Crippen molar-refractivity contribution in [3.05, 3.63) is 0 Å². The number of aliphatic hydroxyl groups excluding tert-OH is 1. The molecule has 0 amide bonds. The molecule has 0 aliphatic carbocycles. The monoisotopic (exact) mass is 176 g/mol. The van der Waals surface area contributed by atoms with Crippen molar-refractivity contribution >= 4 is 5.97 Å². The molecule has 0 fully saturated rings. The van der Waals surface area contributed by atoms with Crippen molar-refractivity contribution in [2.24, 2.45) is 0 Å². The van der Waals surface area contributed by atoms with Crippen molar-refractivity contribution < 1.29 is 19.7 Å². The number of aliphatic hydroxyl groups is 2. The summed E-state index contributed by atoms with van der Waals surface area (Å²) >= 11 is 0. The van der Waals surface area contributed by atoms with Crippen molar-refractivity contribution in [3.63, 3.8) is 0 Å². The number of carbonyl (C=O) groups is 1. The van der Waals surface area contributed by atoms with Crippen LogP contribution < -0.4 is 0 Å². The highest BCUT2D eigenvalue weighted by Gasteiger charge is 2.18. The Labute approximate surface area is 72.2 Å². The predicted octanol–water partition coefficient (Wildman–Crippen LogP) is 0.0730. The van der Waals surface area contributed by atoms with Gasteiger partial charge in [-0.2, -0.15) is 0 Å². The van der Waals surface area contributed by atoms with E-state index in [0.717, 1.165) is 0 Å². The highest BCUT2D eigenvalue weighted by atomic mass is 16.5. The van der Waals surface area contributed by atoms with E-state index in [0.29, 0.717) is 6.42 Å². The molecule has 4 heteroatoms. The van der Waals surface area contributed by atoms with Gasteiger partial charge in [0.1, 0.15) is 0 Å². The van der Waals surface area contributed by atoms with Crippen LogP contribution in [0, 0.1) is 0 Å². The fourth-order valence-electron chi connectivity index (χ4n) is 0.566. The number of rotatable bonds is 5. The van der Waals surface area contributed by atoms with Crippen molar-refractivity contribution in [2.45, 2.75) is 32.3 Å². The molecule has 0 aromatic rings. The van der Waals surface area contributed by atoms with E-state index in [9.17, 15) is 9.90 Å². The van der Waals surface area contributed by atoms with Gasteiger partial charge in [0.05, 0.1) is 18.8 Å². The summed E-state index contributed by atoms with van der Waals surface area (Å²) in [7, 11) is 0. The highest BCUT2D eigenvalue weighted by Crippen LogP contribution is 2.07. The Morgan fingerprint density at radius 1 is 1.58 bits per heavy atom. The van der Waals surface area contributed by atoms with Gasteiger partial charge >= 0.3 is 5.97 Å². The second kappa shape index (κ2) is 5.11. The summed E-state index contributed by atoms with van der Waals surface area (Å²) in [5.41, 5.74) is -1.14. The fraction of sp³-hybridized carbons (Fsp3) is 0.875. The fourth-order valence-corrected chi connectivity index (χ4v) is 0.566. The normalized spacial score (nSPS) is 15.3. The lowest BCUT2D eigenvalue weighted by Crippen LogP contribution is -2.30. The summed E-state index contributed by atoms with van der Waals surface area (Å²) in [6.45, 7) is 3.02. The topological polar surface area (TPSA) is 66.8 Å². The molecule has 0 aliphatic heterocycles. The van der Waals surface area contributed by atoms with E-state index in [1.54, 1.807) is 6.92 Å². The highest BCUT2D eigenvalue weighted by molar-refractivity contribution is 5.68. The molecule has 0 spiro atoms. The van der Waals surface area contributed by atoms with E-state index in [1.165, 1.54) is 6.92 Å². The Morgan fingerprint density at radius 3 is 2.58 bits per heavy atom. The van der Waals surface area contributed by atoms with Crippen LogP contribution in [0.25, 0.3) is 0 Å². The molecule has 0 aromatic carbocycles. The van der Waals surface area contributed by atoms with Gasteiger partial charge in [-0.15, -0.1) is 0 Å². The first-order valence-electron chi connectivity index (χ1n) is 4.00. The van der Waals surface area contributed by atoms with Gasteiger partial charge in [-0.25, -0.2) is 0 Å². The third kappa shape index (κ3) is 5.09. The molecular weight excluding hydrogens is 160 g/mol. The van der Waals surface area contributed by atoms with Gasteiger partial charge in [-0.3, -0.25) is 4.79 Å². The lowest BCUT2D eigenvalue weighted by atomic mass is 10.1. The van der Waals surface area contributed by atoms with E-state index in [4.69, 9.17) is 9.84 Å². The van der Waals surface area contributed by atoms with Gasteiger partial charge in [0.25, 0.3) is 0 Å². The van der Waals surface area contributed by atoms with Crippen LogP contribution in [0.5, 0.6) is 0 Å². The molecule has 72 valence electrons. The minimum atomic E-state index is -1.14. The molecule has 0 rings (SSSR count). The first-order chi connectivity index (χ1) is 5.52. The molecule has 0 saturated heterocycles. The first-order valence-corrected chi connectivity index (χ1v) is 4.00. The van der Waals surface area contributed by atoms with Crippen LogP contribution in [-0.2, 0) is 9.53 Å². The SMILES string of the molecule is CCC(=O)OCCC(C)(O)CO. The van der Waals surface area contributed by atoms with Crippen LogP contribution >= 0.6 is 0 Å². The number of carbonyl (C=O) groups excluding carboxylic acids is 1. The van der Waals surface area contributed by atoms with Gasteiger partial charge < -0.3 is 14.9 Å². The van der Waals surface area contributed by atoms with Crippen LogP contribution in [0.2, 0.25) is 0 Å². The first kappa shape index (κ1) is 11.4. The van der Waals surface area contributed by atoms with Gasteiger partial charge in [0.2, 0.25) is 0 Å². The Bertz CT molecular complexity index is 142. The second-order valence-electron chi connectivity index (χ2n) is 2.98. The van der Waals surface area contributed by atoms with Crippen molar-refractivity contribution in [2.75, 3.05) is 13.2 Å². The smallest absolute Gasteiger partial charge is 0.305 e. The Morgan fingerprint density at radius 2 is 2.17 bits per heavy atom. The zero-order valence-corrected chi connectivity index (χ0v) is 7.54. The zero-order valence-electron chi connectivity index (χ0n) is 7.54. The molecule has 0 aromatic heterocycles. The van der Waals surface area contributed by atoms with Gasteiger partial charge in [-0.1, -0.05) is 6.92 Å². The molecular formula is C8H16O4. The maximum absolute atomic E-state index is 10.6.